The molecule has 0 saturated carbocycles. The molecular formula is C29H25N3O4S2. The summed E-state index contributed by atoms with van der Waals surface area (Å²) in [7, 11) is -3.75. The summed E-state index contributed by atoms with van der Waals surface area (Å²) < 4.78 is 34.8. The number of para-hydroxylation sites is 1. The van der Waals surface area contributed by atoms with Crippen LogP contribution in [0.2, 0.25) is 0 Å². The Kier molecular flexibility index (Phi) is 6.04. The van der Waals surface area contributed by atoms with Crippen LogP contribution >= 0.6 is 11.3 Å². The van der Waals surface area contributed by atoms with Gasteiger partial charge in [-0.1, -0.05) is 35.6 Å². The van der Waals surface area contributed by atoms with Crippen LogP contribution in [0.15, 0.2) is 88.4 Å². The zero-order valence-electron chi connectivity index (χ0n) is 20.9. The van der Waals surface area contributed by atoms with Gasteiger partial charge in [-0.25, -0.2) is 13.4 Å². The number of hydrogen-bond donors (Lipinski definition) is 0. The highest BCUT2D eigenvalue weighted by atomic mass is 32.2. The van der Waals surface area contributed by atoms with E-state index in [9.17, 15) is 13.2 Å². The fraction of sp³-hybridized carbons (Fsp3) is 0.172. The van der Waals surface area contributed by atoms with E-state index in [0.29, 0.717) is 35.1 Å². The predicted octanol–water partition coefficient (Wildman–Crippen LogP) is 6.10. The first-order chi connectivity index (χ1) is 18.3. The quantitative estimate of drug-likeness (QED) is 0.258. The number of rotatable bonds is 6. The lowest BCUT2D eigenvalue weighted by Crippen LogP contribution is -2.31. The Morgan fingerprint density at radius 1 is 1.05 bits per heavy atom. The van der Waals surface area contributed by atoms with Crippen molar-refractivity contribution in [2.75, 3.05) is 15.7 Å². The second-order valence-corrected chi connectivity index (χ2v) is 12.2. The van der Waals surface area contributed by atoms with Gasteiger partial charge < -0.3 is 4.42 Å². The highest BCUT2D eigenvalue weighted by molar-refractivity contribution is 7.92. The Labute approximate surface area is 225 Å². The number of nitrogens with zero attached hydrogens (tertiary/aromatic N) is 3. The van der Waals surface area contributed by atoms with Crippen molar-refractivity contribution < 1.29 is 17.6 Å². The van der Waals surface area contributed by atoms with Crippen LogP contribution in [0.3, 0.4) is 0 Å². The van der Waals surface area contributed by atoms with Crippen molar-refractivity contribution in [2.45, 2.75) is 31.7 Å². The van der Waals surface area contributed by atoms with Gasteiger partial charge in [0.1, 0.15) is 5.76 Å². The van der Waals surface area contributed by atoms with Crippen LogP contribution in [-0.2, 0) is 23.0 Å². The maximum absolute atomic E-state index is 13.8. The Hall–Kier alpha value is -3.95. The van der Waals surface area contributed by atoms with Crippen molar-refractivity contribution in [2.24, 2.45) is 0 Å². The van der Waals surface area contributed by atoms with Crippen molar-refractivity contribution in [1.82, 2.24) is 4.98 Å². The molecule has 0 radical (unpaired) electrons. The van der Waals surface area contributed by atoms with Gasteiger partial charge in [0.15, 0.2) is 5.13 Å². The molecule has 0 fully saturated rings. The molecule has 0 aliphatic carbocycles. The molecule has 3 aromatic carbocycles. The lowest BCUT2D eigenvalue weighted by molar-refractivity contribution is 0.0983. The number of aromatic nitrogens is 1. The summed E-state index contributed by atoms with van der Waals surface area (Å²) in [6.45, 7) is 4.66. The molecule has 0 atom stereocenters. The normalized spacial score (nSPS) is 13.2. The second-order valence-electron chi connectivity index (χ2n) is 9.38. The van der Waals surface area contributed by atoms with Crippen LogP contribution < -0.4 is 9.21 Å². The third-order valence-corrected chi connectivity index (χ3v) is 9.77. The van der Waals surface area contributed by atoms with Gasteiger partial charge in [0, 0.05) is 12.1 Å². The van der Waals surface area contributed by atoms with Crippen molar-refractivity contribution in [3.63, 3.8) is 0 Å². The maximum atomic E-state index is 13.8. The van der Waals surface area contributed by atoms with Crippen molar-refractivity contribution in [3.8, 4) is 0 Å². The van der Waals surface area contributed by atoms with Crippen molar-refractivity contribution >= 4 is 48.3 Å². The third kappa shape index (κ3) is 4.27. The number of aryl methyl sites for hydroxylation is 2. The number of anilines is 2. The molecule has 0 spiro atoms. The fourth-order valence-electron chi connectivity index (χ4n) is 4.88. The molecule has 7 nitrogen and oxygen atoms in total. The minimum atomic E-state index is -3.75. The van der Waals surface area contributed by atoms with E-state index in [4.69, 9.17) is 9.40 Å². The van der Waals surface area contributed by atoms with E-state index in [0.717, 1.165) is 26.9 Å². The molecule has 6 rings (SSSR count). The Balaban J connectivity index is 1.33. The standard InChI is InChI=1S/C29H25N3O4S2/c1-19-16-20(2)27-25(17-19)30-29(37-27)31(18-23-7-5-15-36-23)28(33)22-9-11-24(12-10-22)38(34,35)32-14-13-21-6-3-4-8-26(21)32/h3-12,15-17H,13-14,18H2,1-2H3. The Bertz CT molecular complexity index is 1760. The van der Waals surface area contributed by atoms with Crippen molar-refractivity contribution in [3.05, 3.63) is 107 Å². The lowest BCUT2D eigenvalue weighted by Gasteiger charge is -2.21. The van der Waals surface area contributed by atoms with Gasteiger partial charge >= 0.3 is 0 Å². The van der Waals surface area contributed by atoms with Crippen LogP contribution in [0.1, 0.15) is 32.8 Å². The van der Waals surface area contributed by atoms with E-state index in [-0.39, 0.29) is 17.3 Å². The number of fused-ring (bicyclic) bond motifs is 2. The van der Waals surface area contributed by atoms with Crippen molar-refractivity contribution in [1.29, 1.82) is 0 Å². The van der Waals surface area contributed by atoms with E-state index < -0.39 is 10.0 Å². The summed E-state index contributed by atoms with van der Waals surface area (Å²) in [5, 5.41) is 0.556. The monoisotopic (exact) mass is 543 g/mol. The van der Waals surface area contributed by atoms with Crippen LogP contribution in [-0.4, -0.2) is 25.9 Å². The van der Waals surface area contributed by atoms with E-state index >= 15 is 0 Å². The minimum absolute atomic E-state index is 0.148. The molecule has 0 unspecified atom stereocenters. The summed E-state index contributed by atoms with van der Waals surface area (Å²) in [4.78, 5) is 20.3. The number of furan rings is 1. The van der Waals surface area contributed by atoms with Crippen LogP contribution in [0.4, 0.5) is 10.8 Å². The fourth-order valence-corrected chi connectivity index (χ4v) is 7.39. The average Bonchev–Trinajstić information content (AvgIpc) is 3.66. The first-order valence-corrected chi connectivity index (χ1v) is 14.5. The molecule has 1 aliphatic heterocycles. The molecule has 5 aromatic rings. The molecule has 192 valence electrons. The molecule has 3 heterocycles. The summed E-state index contributed by atoms with van der Waals surface area (Å²) in [6.07, 6.45) is 2.24. The Morgan fingerprint density at radius 2 is 1.84 bits per heavy atom. The first kappa shape index (κ1) is 24.4. The van der Waals surface area contributed by atoms with Crippen LogP contribution in [0, 0.1) is 13.8 Å². The van der Waals surface area contributed by atoms with Gasteiger partial charge in [0.05, 0.1) is 33.6 Å². The smallest absolute Gasteiger partial charge is 0.264 e. The average molecular weight is 544 g/mol. The summed E-state index contributed by atoms with van der Waals surface area (Å²) in [5.74, 6) is 0.336. The van der Waals surface area contributed by atoms with E-state index in [1.165, 1.54) is 27.8 Å². The van der Waals surface area contributed by atoms with Gasteiger partial charge in [-0.2, -0.15) is 0 Å². The van der Waals surface area contributed by atoms with E-state index in [1.54, 1.807) is 29.4 Å². The van der Waals surface area contributed by atoms with Gasteiger partial charge in [-0.3, -0.25) is 14.0 Å². The van der Waals surface area contributed by atoms with Crippen LogP contribution in [0.5, 0.6) is 0 Å². The zero-order valence-corrected chi connectivity index (χ0v) is 22.6. The highest BCUT2D eigenvalue weighted by Gasteiger charge is 2.31. The highest BCUT2D eigenvalue weighted by Crippen LogP contribution is 2.35. The maximum Gasteiger partial charge on any atom is 0.264 e. The molecule has 0 saturated heterocycles. The van der Waals surface area contributed by atoms with Gasteiger partial charge in [-0.05, 0) is 85.5 Å². The van der Waals surface area contributed by atoms with Gasteiger partial charge in [-0.15, -0.1) is 0 Å². The lowest BCUT2D eigenvalue weighted by atomic mass is 10.1. The topological polar surface area (TPSA) is 83.7 Å². The molecule has 1 aliphatic rings. The third-order valence-electron chi connectivity index (χ3n) is 6.71. The minimum Gasteiger partial charge on any atom is -0.467 e. The van der Waals surface area contributed by atoms with Gasteiger partial charge in [0.2, 0.25) is 0 Å². The number of carbonyl (C=O) groups excluding carboxylic acids is 1. The van der Waals surface area contributed by atoms with Crippen LogP contribution in [0.25, 0.3) is 10.2 Å². The molecule has 38 heavy (non-hydrogen) atoms. The largest absolute Gasteiger partial charge is 0.467 e. The Morgan fingerprint density at radius 3 is 2.61 bits per heavy atom. The number of benzene rings is 3. The van der Waals surface area contributed by atoms with Gasteiger partial charge in [0.25, 0.3) is 15.9 Å². The molecule has 0 N–H and O–H groups in total. The molecule has 2 aromatic heterocycles. The number of hydrogen-bond acceptors (Lipinski definition) is 6. The molecular weight excluding hydrogens is 518 g/mol. The summed E-state index contributed by atoms with van der Waals surface area (Å²) >= 11 is 1.45. The predicted molar refractivity (Wildman–Crippen MR) is 149 cm³/mol. The molecule has 9 heteroatoms. The number of carbonyl (C=O) groups is 1. The van der Waals surface area contributed by atoms with E-state index in [1.807, 2.05) is 50.2 Å². The molecule has 0 bridgehead atoms. The SMILES string of the molecule is Cc1cc(C)c2sc(N(Cc3ccco3)C(=O)c3ccc(S(=O)(=O)N4CCc5ccccc54)cc3)nc2c1. The zero-order chi connectivity index (χ0) is 26.4. The first-order valence-electron chi connectivity index (χ1n) is 12.2. The number of thiazole rings is 1. The number of amides is 1. The summed E-state index contributed by atoms with van der Waals surface area (Å²) in [5.41, 5.74) is 5.13. The summed E-state index contributed by atoms with van der Waals surface area (Å²) in [6, 6.07) is 21.4. The number of sulfonamides is 1. The second kappa shape index (κ2) is 9.41. The van der Waals surface area contributed by atoms with E-state index in [2.05, 4.69) is 6.07 Å². The molecule has 1 amide bonds.